The van der Waals surface area contributed by atoms with E-state index in [1.54, 1.807) is 0 Å². The zero-order chi connectivity index (χ0) is 12.2. The average molecular weight is 312 g/mol. The molecule has 0 aliphatic carbocycles. The molecule has 0 aliphatic rings. The molecule has 0 spiro atoms. The summed E-state index contributed by atoms with van der Waals surface area (Å²) in [6.45, 7) is 0. The smallest absolute Gasteiger partial charge is 0.166 e. The Hall–Kier alpha value is -0.660. The van der Waals surface area contributed by atoms with Crippen molar-refractivity contribution >= 4 is 27.5 Å². The van der Waals surface area contributed by atoms with Gasteiger partial charge in [0.25, 0.3) is 0 Å². The van der Waals surface area contributed by atoms with Crippen LogP contribution in [-0.2, 0) is 6.18 Å². The minimum absolute atomic E-state index is 0.0437. The molecule has 0 fully saturated rings. The maximum Gasteiger partial charge on any atom is 0.417 e. The molecule has 0 amide bonds. The third-order valence-corrected chi connectivity index (χ3v) is 2.36. The highest BCUT2D eigenvalue weighted by Crippen LogP contribution is 2.33. The minimum atomic E-state index is -4.43. The van der Waals surface area contributed by atoms with Crippen LogP contribution in [-0.4, -0.2) is 5.33 Å². The number of hydrogen-bond acceptors (Lipinski definition) is 0. The zero-order valence-corrected chi connectivity index (χ0v) is 10.4. The van der Waals surface area contributed by atoms with Gasteiger partial charge in [-0.3, -0.25) is 0 Å². The van der Waals surface area contributed by atoms with Crippen LogP contribution >= 0.6 is 27.5 Å². The van der Waals surface area contributed by atoms with Gasteiger partial charge in [-0.1, -0.05) is 39.4 Å². The Balaban J connectivity index is 3.15. The topological polar surface area (TPSA) is 0 Å². The Morgan fingerprint density at radius 1 is 1.31 bits per heavy atom. The lowest BCUT2D eigenvalue weighted by Crippen LogP contribution is -2.07. The Morgan fingerprint density at radius 2 is 2.00 bits per heavy atom. The lowest BCUT2D eigenvalue weighted by molar-refractivity contribution is -0.137. The predicted molar refractivity (Wildman–Crippen MR) is 61.7 cm³/mol. The number of alkyl halides is 4. The highest BCUT2D eigenvalue weighted by molar-refractivity contribution is 9.09. The Kier molecular flexibility index (Phi) is 4.69. The third-order valence-electron chi connectivity index (χ3n) is 1.73. The van der Waals surface area contributed by atoms with Gasteiger partial charge in [0.1, 0.15) is 0 Å². The van der Waals surface area contributed by atoms with Gasteiger partial charge in [-0.05, 0) is 18.2 Å². The van der Waals surface area contributed by atoms with Crippen molar-refractivity contribution in [2.45, 2.75) is 12.6 Å². The van der Waals surface area contributed by atoms with Crippen LogP contribution in [0.2, 0.25) is 5.02 Å². The second-order valence-electron chi connectivity index (χ2n) is 2.93. The van der Waals surface area contributed by atoms with Gasteiger partial charge in [-0.15, -0.1) is 0 Å². The molecule has 16 heavy (non-hydrogen) atoms. The first kappa shape index (κ1) is 13.4. The molecule has 0 N–H and O–H groups in total. The molecule has 1 rings (SSSR count). The summed E-state index contributed by atoms with van der Waals surface area (Å²) in [5.41, 5.74) is -0.833. The van der Waals surface area contributed by atoms with Crippen molar-refractivity contribution in [3.8, 4) is 11.8 Å². The van der Waals surface area contributed by atoms with E-state index in [-0.39, 0.29) is 10.6 Å². The molecule has 0 radical (unpaired) electrons. The number of hydrogen-bond donors (Lipinski definition) is 0. The van der Waals surface area contributed by atoms with E-state index in [1.807, 2.05) is 0 Å². The molecule has 0 bridgehead atoms. The lowest BCUT2D eigenvalue weighted by Gasteiger charge is -2.09. The fourth-order valence-electron chi connectivity index (χ4n) is 1.06. The van der Waals surface area contributed by atoms with E-state index >= 15 is 0 Å². The molecule has 0 saturated heterocycles. The van der Waals surface area contributed by atoms with Gasteiger partial charge < -0.3 is 0 Å². The fraction of sp³-hybridized carbons (Fsp3) is 0.273. The van der Waals surface area contributed by atoms with Crippen molar-refractivity contribution in [2.75, 3.05) is 5.33 Å². The molecule has 0 unspecified atom stereocenters. The number of rotatable bonds is 1. The quantitative estimate of drug-likeness (QED) is 0.529. The summed E-state index contributed by atoms with van der Waals surface area (Å²) in [5.74, 6) is 5.13. The van der Waals surface area contributed by atoms with E-state index in [0.29, 0.717) is 11.8 Å². The van der Waals surface area contributed by atoms with Crippen molar-refractivity contribution in [3.05, 3.63) is 34.3 Å². The van der Waals surface area contributed by atoms with Crippen molar-refractivity contribution in [2.24, 2.45) is 0 Å². The molecule has 0 atom stereocenters. The molecular formula is C11H7BrClF3. The van der Waals surface area contributed by atoms with Gasteiger partial charge in [0, 0.05) is 22.3 Å². The van der Waals surface area contributed by atoms with Crippen LogP contribution in [0.3, 0.4) is 0 Å². The van der Waals surface area contributed by atoms with Crippen LogP contribution in [0.25, 0.3) is 0 Å². The zero-order valence-electron chi connectivity index (χ0n) is 8.04. The molecule has 0 aromatic heterocycles. The van der Waals surface area contributed by atoms with Crippen molar-refractivity contribution in [1.29, 1.82) is 0 Å². The average Bonchev–Trinajstić information content (AvgIpc) is 2.19. The molecule has 0 aliphatic heterocycles. The van der Waals surface area contributed by atoms with Crippen molar-refractivity contribution in [3.63, 3.8) is 0 Å². The largest absolute Gasteiger partial charge is 0.417 e. The van der Waals surface area contributed by atoms with Gasteiger partial charge in [-0.25, -0.2) is 0 Å². The first-order chi connectivity index (χ1) is 7.45. The first-order valence-electron chi connectivity index (χ1n) is 4.36. The maximum absolute atomic E-state index is 12.6. The summed E-state index contributed by atoms with van der Waals surface area (Å²) in [4.78, 5) is 0. The van der Waals surface area contributed by atoms with Crippen LogP contribution in [0, 0.1) is 11.8 Å². The van der Waals surface area contributed by atoms with E-state index in [1.165, 1.54) is 12.1 Å². The lowest BCUT2D eigenvalue weighted by atomic mass is 10.1. The van der Waals surface area contributed by atoms with Crippen LogP contribution in [0.4, 0.5) is 13.2 Å². The molecular weight excluding hydrogens is 304 g/mol. The molecule has 86 valence electrons. The van der Waals surface area contributed by atoms with Crippen molar-refractivity contribution < 1.29 is 13.2 Å². The van der Waals surface area contributed by atoms with Crippen molar-refractivity contribution in [1.82, 2.24) is 0 Å². The molecule has 0 nitrogen and oxygen atoms in total. The summed E-state index contributed by atoms with van der Waals surface area (Å²) in [6, 6.07) is 3.57. The van der Waals surface area contributed by atoms with Crippen LogP contribution in [0.1, 0.15) is 17.5 Å². The molecule has 0 heterocycles. The molecule has 1 aromatic rings. The second kappa shape index (κ2) is 5.60. The van der Waals surface area contributed by atoms with Gasteiger partial charge >= 0.3 is 6.18 Å². The summed E-state index contributed by atoms with van der Waals surface area (Å²) in [6.07, 6.45) is -3.93. The highest BCUT2D eigenvalue weighted by Gasteiger charge is 2.33. The monoisotopic (exact) mass is 310 g/mol. The van der Waals surface area contributed by atoms with Crippen LogP contribution in [0.5, 0.6) is 0 Å². The summed E-state index contributed by atoms with van der Waals surface area (Å²) < 4.78 is 37.8. The predicted octanol–water partition coefficient (Wildman–Crippen LogP) is 4.50. The molecule has 5 heteroatoms. The second-order valence-corrected chi connectivity index (χ2v) is 4.16. The maximum atomic E-state index is 12.6. The van der Waals surface area contributed by atoms with E-state index in [2.05, 4.69) is 27.8 Å². The SMILES string of the molecule is FC(F)(F)c1cc(Cl)ccc1C#CCCBr. The summed E-state index contributed by atoms with van der Waals surface area (Å²) in [7, 11) is 0. The van der Waals surface area contributed by atoms with Gasteiger partial charge in [0.2, 0.25) is 0 Å². The normalized spacial score (nSPS) is 10.8. The summed E-state index contributed by atoms with van der Waals surface area (Å²) in [5, 5.41) is 0.688. The van der Waals surface area contributed by atoms with Gasteiger partial charge in [0.15, 0.2) is 0 Å². The fourth-order valence-corrected chi connectivity index (χ4v) is 1.44. The highest BCUT2D eigenvalue weighted by atomic mass is 79.9. The Labute approximate surface area is 105 Å². The summed E-state index contributed by atoms with van der Waals surface area (Å²) >= 11 is 8.68. The van der Waals surface area contributed by atoms with Gasteiger partial charge in [0.05, 0.1) is 5.56 Å². The van der Waals surface area contributed by atoms with E-state index in [9.17, 15) is 13.2 Å². The van der Waals surface area contributed by atoms with Gasteiger partial charge in [-0.2, -0.15) is 13.2 Å². The standard InChI is InChI=1S/C11H7BrClF3/c12-6-2-1-3-8-4-5-9(13)7-10(8)11(14,15)16/h4-5,7H,2,6H2. The first-order valence-corrected chi connectivity index (χ1v) is 5.86. The van der Waals surface area contributed by atoms with E-state index in [0.717, 1.165) is 6.07 Å². The number of benzene rings is 1. The third kappa shape index (κ3) is 3.73. The van der Waals surface area contributed by atoms with E-state index < -0.39 is 11.7 Å². The Morgan fingerprint density at radius 3 is 2.56 bits per heavy atom. The van der Waals surface area contributed by atoms with Crippen LogP contribution < -0.4 is 0 Å². The molecule has 0 saturated carbocycles. The van der Waals surface area contributed by atoms with E-state index in [4.69, 9.17) is 11.6 Å². The number of halogens is 5. The minimum Gasteiger partial charge on any atom is -0.166 e. The van der Waals surface area contributed by atoms with Crippen LogP contribution in [0.15, 0.2) is 18.2 Å². The Bertz CT molecular complexity index is 429. The molecule has 1 aromatic carbocycles.